The van der Waals surface area contributed by atoms with Gasteiger partial charge in [0.2, 0.25) is 0 Å². The van der Waals surface area contributed by atoms with Gasteiger partial charge >= 0.3 is 0 Å². The minimum absolute atomic E-state index is 0.187. The molecule has 6 heteroatoms. The monoisotopic (exact) mass is 1230 g/mol. The van der Waals surface area contributed by atoms with Crippen molar-refractivity contribution in [1.29, 1.82) is 0 Å². The van der Waals surface area contributed by atoms with E-state index in [1.165, 1.54) is 238 Å². The van der Waals surface area contributed by atoms with E-state index in [4.69, 9.17) is 0 Å². The largest absolute Gasteiger partial charge is 0.289 e. The predicted molar refractivity (Wildman–Crippen MR) is 390 cm³/mol. The van der Waals surface area contributed by atoms with Crippen molar-refractivity contribution in [3.63, 3.8) is 0 Å². The van der Waals surface area contributed by atoms with Crippen LogP contribution in [0.3, 0.4) is 0 Å². The minimum Gasteiger partial charge on any atom is -0.289 e. The molecule has 466 valence electrons. The van der Waals surface area contributed by atoms with Gasteiger partial charge in [0.15, 0.2) is 10.9 Å². The first-order chi connectivity index (χ1) is 42.1. The zero-order valence-corrected chi connectivity index (χ0v) is 58.3. The first kappa shape index (κ1) is 68.0. The summed E-state index contributed by atoms with van der Waals surface area (Å²) in [5.74, 6) is 1.27. The maximum Gasteiger partial charge on any atom is 0.195 e. The number of rotatable bonds is 43. The highest BCUT2D eigenvalue weighted by molar-refractivity contribution is 7.24. The third kappa shape index (κ3) is 18.4. The molecule has 0 N–H and O–H groups in total. The Bertz CT molecular complexity index is 3410. The summed E-state index contributed by atoms with van der Waals surface area (Å²) in [6.07, 6.45) is 49.4. The molecule has 0 bridgehead atoms. The summed E-state index contributed by atoms with van der Waals surface area (Å²) in [7, 11) is 0. The Morgan fingerprint density at radius 2 is 0.779 bits per heavy atom. The molecule has 8 aromatic rings. The molecule has 4 aromatic heterocycles. The normalized spacial score (nSPS) is 12.9. The molecule has 2 unspecified atom stereocenters. The number of thiophene rings is 4. The van der Waals surface area contributed by atoms with E-state index >= 15 is 9.59 Å². The van der Waals surface area contributed by atoms with Crippen LogP contribution in [0.15, 0.2) is 70.3 Å². The van der Waals surface area contributed by atoms with Crippen LogP contribution in [-0.4, -0.2) is 0 Å². The summed E-state index contributed by atoms with van der Waals surface area (Å²) < 4.78 is 0. The van der Waals surface area contributed by atoms with E-state index in [9.17, 15) is 0 Å². The highest BCUT2D eigenvalue weighted by Gasteiger charge is 2.28. The van der Waals surface area contributed by atoms with Gasteiger partial charge in [-0.1, -0.05) is 246 Å². The van der Waals surface area contributed by atoms with Gasteiger partial charge in [-0.25, -0.2) is 0 Å². The van der Waals surface area contributed by atoms with Gasteiger partial charge in [-0.15, -0.1) is 45.3 Å². The van der Waals surface area contributed by atoms with Crippen molar-refractivity contribution >= 4 is 89.8 Å². The number of hydrogen-bond acceptors (Lipinski definition) is 6. The average molecular weight is 1230 g/mol. The van der Waals surface area contributed by atoms with Crippen molar-refractivity contribution < 1.29 is 0 Å². The van der Waals surface area contributed by atoms with Gasteiger partial charge in [0, 0.05) is 60.9 Å². The molecule has 0 saturated carbocycles. The Hall–Kier alpha value is -3.94. The van der Waals surface area contributed by atoms with Gasteiger partial charge in [-0.05, 0) is 169 Å². The average Bonchev–Trinajstić information content (AvgIpc) is 2.29. The third-order valence-corrected chi connectivity index (χ3v) is 23.9. The van der Waals surface area contributed by atoms with Crippen LogP contribution < -0.4 is 10.9 Å². The van der Waals surface area contributed by atoms with Crippen LogP contribution >= 0.6 is 45.3 Å². The lowest BCUT2D eigenvalue weighted by molar-refractivity contribution is 0.439. The highest BCUT2D eigenvalue weighted by atomic mass is 32.1. The van der Waals surface area contributed by atoms with E-state index in [-0.39, 0.29) is 10.9 Å². The standard InChI is InChI=1S/C80H110O2S4/c1-9-15-19-23-25-27-29-31-33-37-41-67-74-65-49-51-70-75(66(65)48-50-69(74)78(81)76(67)72-55-61(58(8)84-72)53-59(13-5)39-35-21-17-11-3)68(42-38-34-32-30-28-26-24-20-16-10-2)77(79(70)82)73-56-62(54-60(14-6)40-36-22-18-12-4)80(86-73)71-52-47-64(85-71)46-45-63-44-43-57(7)83-63/h43-52,55-56,59-60H,9-42,53-54H2,1-8H3/b46-45+. The van der Waals surface area contributed by atoms with E-state index in [1.54, 1.807) is 0 Å². The lowest BCUT2D eigenvalue weighted by atomic mass is 9.91. The van der Waals surface area contributed by atoms with Crippen molar-refractivity contribution in [3.05, 3.63) is 123 Å². The first-order valence-corrected chi connectivity index (χ1v) is 38.6. The van der Waals surface area contributed by atoms with Gasteiger partial charge in [0.1, 0.15) is 0 Å². The van der Waals surface area contributed by atoms with Crippen LogP contribution in [0.1, 0.15) is 289 Å². The first-order valence-electron chi connectivity index (χ1n) is 35.4. The molecule has 4 heterocycles. The number of aryl methyl sites for hydroxylation is 4. The summed E-state index contributed by atoms with van der Waals surface area (Å²) in [4.78, 5) is 41.3. The molecule has 0 aliphatic heterocycles. The third-order valence-electron chi connectivity index (χ3n) is 19.4. The molecule has 2 nitrogen and oxygen atoms in total. The van der Waals surface area contributed by atoms with E-state index < -0.39 is 0 Å². The summed E-state index contributed by atoms with van der Waals surface area (Å²) in [5.41, 5.74) is 7.63. The van der Waals surface area contributed by atoms with Crippen molar-refractivity contribution in [2.24, 2.45) is 11.8 Å². The van der Waals surface area contributed by atoms with Crippen LogP contribution in [0, 0.1) is 25.7 Å². The lowest BCUT2D eigenvalue weighted by Crippen LogP contribution is -2.04. The zero-order chi connectivity index (χ0) is 60.6. The lowest BCUT2D eigenvalue weighted by Gasteiger charge is -2.15. The SMILES string of the molecule is CCCCCCCCCCCCc1c(-c2cc(CC(CC)CCCCCC)c(C)s2)c(=O)c2ccc3c(ccc4c(=O)c(-c5cc(CC(CC)CCCCCC)c(-c6ccc(/C=C/c7ccc(C)s7)s6)s5)c(CCCCCCCCCCCC)c43)c12. The fourth-order valence-electron chi connectivity index (χ4n) is 14.1. The van der Waals surface area contributed by atoms with Crippen LogP contribution in [0.4, 0.5) is 0 Å². The second-order valence-electron chi connectivity index (χ2n) is 26.1. The van der Waals surface area contributed by atoms with Gasteiger partial charge in [0.05, 0.1) is 0 Å². The molecule has 4 aromatic carbocycles. The van der Waals surface area contributed by atoms with Gasteiger partial charge < -0.3 is 0 Å². The highest BCUT2D eigenvalue weighted by Crippen LogP contribution is 2.47. The van der Waals surface area contributed by atoms with E-state index in [2.05, 4.69) is 128 Å². The maximum atomic E-state index is 15.7. The van der Waals surface area contributed by atoms with Crippen molar-refractivity contribution in [2.45, 2.75) is 287 Å². The van der Waals surface area contributed by atoms with E-state index in [0.717, 1.165) is 98.1 Å². The van der Waals surface area contributed by atoms with Gasteiger partial charge in [-0.2, -0.15) is 0 Å². The maximum absolute atomic E-state index is 15.7. The molecule has 0 fully saturated rings. The van der Waals surface area contributed by atoms with E-state index in [0.29, 0.717) is 11.8 Å². The number of unbranched alkanes of at least 4 members (excludes halogenated alkanes) is 24. The Kier molecular flexibility index (Phi) is 28.5. The Morgan fingerprint density at radius 3 is 1.23 bits per heavy atom. The Morgan fingerprint density at radius 1 is 0.384 bits per heavy atom. The smallest absolute Gasteiger partial charge is 0.195 e. The fraction of sp³-hybridized carbons (Fsp3) is 0.575. The summed E-state index contributed by atoms with van der Waals surface area (Å²) in [5, 5.41) is 6.32. The second-order valence-corrected chi connectivity index (χ2v) is 30.8. The Balaban J connectivity index is 1.23. The van der Waals surface area contributed by atoms with E-state index in [1.807, 2.05) is 45.3 Å². The zero-order valence-electron chi connectivity index (χ0n) is 55.0. The van der Waals surface area contributed by atoms with Crippen LogP contribution in [0.5, 0.6) is 0 Å². The van der Waals surface area contributed by atoms with Crippen molar-refractivity contribution in [1.82, 2.24) is 0 Å². The topological polar surface area (TPSA) is 34.1 Å². The molecule has 0 aliphatic carbocycles. The fourth-order valence-corrected chi connectivity index (χ4v) is 18.3. The summed E-state index contributed by atoms with van der Waals surface area (Å²) in [6, 6.07) is 22.8. The van der Waals surface area contributed by atoms with Crippen LogP contribution in [0.25, 0.3) is 75.1 Å². The quantitative estimate of drug-likeness (QED) is 0.0357. The molecule has 86 heavy (non-hydrogen) atoms. The number of benzene rings is 2. The summed E-state index contributed by atoms with van der Waals surface area (Å²) in [6.45, 7) is 18.5. The minimum atomic E-state index is 0.187. The van der Waals surface area contributed by atoms with Crippen LogP contribution in [0.2, 0.25) is 0 Å². The molecular weight excluding hydrogens is 1120 g/mol. The number of fused-ring (bicyclic) bond motifs is 5. The molecule has 2 atom stereocenters. The number of hydrogen-bond donors (Lipinski definition) is 0. The molecule has 0 spiro atoms. The second kappa shape index (κ2) is 36.0. The van der Waals surface area contributed by atoms with Gasteiger partial charge in [0.25, 0.3) is 0 Å². The molecule has 0 saturated heterocycles. The predicted octanol–water partition coefficient (Wildman–Crippen LogP) is 26.8. The molecule has 8 rings (SSSR count). The Labute approximate surface area is 537 Å². The van der Waals surface area contributed by atoms with Gasteiger partial charge in [-0.3, -0.25) is 9.59 Å². The molecule has 0 radical (unpaired) electrons. The molecule has 0 aliphatic rings. The van der Waals surface area contributed by atoms with Crippen LogP contribution in [-0.2, 0) is 25.7 Å². The van der Waals surface area contributed by atoms with Crippen molar-refractivity contribution in [3.8, 4) is 30.6 Å². The molecule has 0 amide bonds. The summed E-state index contributed by atoms with van der Waals surface area (Å²) >= 11 is 7.47. The molecular formula is C80H110O2S4. The van der Waals surface area contributed by atoms with Crippen molar-refractivity contribution in [2.75, 3.05) is 0 Å².